The molecule has 0 bridgehead atoms. The molecule has 21 aromatic carbocycles. The van der Waals surface area contributed by atoms with E-state index >= 15 is 0 Å². The molecular formula is C137H92N6. The van der Waals surface area contributed by atoms with Crippen LogP contribution in [0.2, 0.25) is 0 Å². The average Bonchev–Trinajstić information content (AvgIpc) is 1.50. The van der Waals surface area contributed by atoms with Crippen LogP contribution in [0.15, 0.2) is 497 Å². The second-order valence-electron chi connectivity index (χ2n) is 38.5. The van der Waals surface area contributed by atoms with Crippen LogP contribution in [-0.2, 0) is 18.3 Å². The van der Waals surface area contributed by atoms with Crippen LogP contribution < -0.4 is 0 Å². The van der Waals surface area contributed by atoms with Crippen LogP contribution in [0, 0.1) is 13.8 Å². The minimum atomic E-state index is -0.269. The summed E-state index contributed by atoms with van der Waals surface area (Å²) in [6.45, 7) is 4.11. The van der Waals surface area contributed by atoms with Gasteiger partial charge in [-0.25, -0.2) is 0 Å². The predicted octanol–water partition coefficient (Wildman–Crippen LogP) is 35.0. The summed E-state index contributed by atoms with van der Waals surface area (Å²) in [6.07, 6.45) is 2.01. The van der Waals surface area contributed by atoms with Gasteiger partial charge in [0.25, 0.3) is 0 Å². The van der Waals surface area contributed by atoms with E-state index in [0.717, 1.165) is 46.0 Å². The average molecular weight is 1820 g/mol. The smallest absolute Gasteiger partial charge is 0.0974 e. The van der Waals surface area contributed by atoms with Gasteiger partial charge in [-0.1, -0.05) is 376 Å². The van der Waals surface area contributed by atoms with Gasteiger partial charge >= 0.3 is 0 Å². The van der Waals surface area contributed by atoms with Crippen molar-refractivity contribution in [2.75, 3.05) is 0 Å². The second kappa shape index (κ2) is 33.5. The number of rotatable bonds is 8. The van der Waals surface area contributed by atoms with Crippen molar-refractivity contribution < 1.29 is 0 Å². The van der Waals surface area contributed by atoms with Crippen molar-refractivity contribution in [2.24, 2.45) is 0 Å². The summed E-state index contributed by atoms with van der Waals surface area (Å²) in [6, 6.07) is 181. The lowest BCUT2D eigenvalue weighted by molar-refractivity contribution is 0.794. The Morgan fingerprint density at radius 2 is 0.427 bits per heavy atom. The zero-order valence-corrected chi connectivity index (χ0v) is 78.9. The third kappa shape index (κ3) is 13.3. The Hall–Kier alpha value is -18.4. The van der Waals surface area contributed by atoms with Gasteiger partial charge in [-0.15, -0.1) is 0 Å². The Labute approximate surface area is 828 Å². The van der Waals surface area contributed by atoms with Crippen molar-refractivity contribution in [3.63, 3.8) is 0 Å². The highest BCUT2D eigenvalue weighted by molar-refractivity contribution is 6.15. The number of benzene rings is 21. The molecule has 0 amide bonds. The van der Waals surface area contributed by atoms with Gasteiger partial charge < -0.3 is 18.3 Å². The Bertz CT molecular complexity index is 9190. The fourth-order valence-electron chi connectivity index (χ4n) is 24.4. The quantitative estimate of drug-likeness (QED) is 0.142. The van der Waals surface area contributed by atoms with Crippen molar-refractivity contribution in [1.82, 2.24) is 28.2 Å². The number of nitrogens with zero attached hydrogens (tertiary/aromatic N) is 6. The summed E-state index contributed by atoms with van der Waals surface area (Å²) in [7, 11) is 0. The van der Waals surface area contributed by atoms with Crippen molar-refractivity contribution in [3.8, 4) is 112 Å². The van der Waals surface area contributed by atoms with Crippen LogP contribution in [0.25, 0.3) is 221 Å². The summed E-state index contributed by atoms with van der Waals surface area (Å²) >= 11 is 0. The zero-order valence-electron chi connectivity index (χ0n) is 78.9. The summed E-state index contributed by atoms with van der Waals surface area (Å²) < 4.78 is 9.55. The Morgan fingerprint density at radius 1 is 0.168 bits per heavy atom. The number of fused-ring (bicyclic) bond motifs is 31. The molecule has 1 spiro atoms. The van der Waals surface area contributed by atoms with Crippen molar-refractivity contribution in [1.29, 1.82) is 0 Å². The second-order valence-corrected chi connectivity index (χ2v) is 38.5. The summed E-state index contributed by atoms with van der Waals surface area (Å²) in [5, 5.41) is 12.6. The zero-order chi connectivity index (χ0) is 94.5. The lowest BCUT2D eigenvalue weighted by atomic mass is 9.70. The van der Waals surface area contributed by atoms with Gasteiger partial charge in [0.1, 0.15) is 0 Å². The van der Waals surface area contributed by atoms with Gasteiger partial charge in [-0.3, -0.25) is 9.97 Å². The van der Waals surface area contributed by atoms with E-state index in [-0.39, 0.29) is 5.41 Å². The largest absolute Gasteiger partial charge is 0.309 e. The molecule has 0 saturated heterocycles. The van der Waals surface area contributed by atoms with Crippen LogP contribution in [0.4, 0.5) is 0 Å². The number of pyridine rings is 2. The molecular weight excluding hydrogens is 1730 g/mol. The SMILES string of the molecule is Cc1cc(-c2ccccc2)c2ccc3c(-c4ccccc4)cc(C)nc3c2n1.c1ccc2c(c1)Cc1ccc(-c3ccc4c(c3)-c3ccccc3C43c4ccccc4-c4ccccc43)cc1-2.c1ccc2c(c1)c1ccccc1n2-c1ccc(-c2ccc(-n3c4ccccc4c4ccccc43)cc2)cc1.c1ccc2c(c1)c1ccccc1n2-c1ccc2c(c1)-c1cc(-n3c4ccccc4c4ccccc43)ccc1C2. The molecule has 0 fully saturated rings. The number of aromatic nitrogens is 6. The molecule has 6 heterocycles. The first kappa shape index (κ1) is 82.9. The lowest BCUT2D eigenvalue weighted by Crippen LogP contribution is -2.25. The fraction of sp³-hybridized carbons (Fsp3) is 0.0365. The summed E-state index contributed by atoms with van der Waals surface area (Å²) in [5.74, 6) is 0. The summed E-state index contributed by atoms with van der Waals surface area (Å²) in [5.41, 5.74) is 50.3. The Balaban J connectivity index is 0.0000000936. The molecule has 31 rings (SSSR count). The molecule has 0 N–H and O–H groups in total. The van der Waals surface area contributed by atoms with Crippen LogP contribution >= 0.6 is 0 Å². The molecule has 27 aromatic rings. The highest BCUT2D eigenvalue weighted by Gasteiger charge is 2.51. The van der Waals surface area contributed by atoms with E-state index in [2.05, 4.69) is 517 Å². The van der Waals surface area contributed by atoms with E-state index in [0.29, 0.717) is 0 Å². The molecule has 0 unspecified atom stereocenters. The minimum absolute atomic E-state index is 0.269. The highest BCUT2D eigenvalue weighted by atomic mass is 15.0. The van der Waals surface area contributed by atoms with E-state index < -0.39 is 0 Å². The lowest BCUT2D eigenvalue weighted by Gasteiger charge is -2.30. The van der Waals surface area contributed by atoms with Crippen LogP contribution in [0.5, 0.6) is 0 Å². The molecule has 0 saturated carbocycles. The Kier molecular flexibility index (Phi) is 19.4. The molecule has 143 heavy (non-hydrogen) atoms. The molecule has 4 aliphatic carbocycles. The van der Waals surface area contributed by atoms with E-state index in [9.17, 15) is 0 Å². The first-order chi connectivity index (χ1) is 70.8. The van der Waals surface area contributed by atoms with Gasteiger partial charge in [0.15, 0.2) is 0 Å². The number of para-hydroxylation sites is 8. The van der Waals surface area contributed by atoms with Crippen LogP contribution in [0.1, 0.15) is 55.9 Å². The van der Waals surface area contributed by atoms with Gasteiger partial charge in [0.2, 0.25) is 0 Å². The maximum Gasteiger partial charge on any atom is 0.0974 e. The van der Waals surface area contributed by atoms with Gasteiger partial charge in [0, 0.05) is 88.0 Å². The molecule has 4 aliphatic rings. The van der Waals surface area contributed by atoms with E-state index in [4.69, 9.17) is 9.97 Å². The molecule has 0 aliphatic heterocycles. The van der Waals surface area contributed by atoms with Gasteiger partial charge in [-0.05, 0) is 282 Å². The maximum absolute atomic E-state index is 4.90. The predicted molar refractivity (Wildman–Crippen MR) is 598 cm³/mol. The van der Waals surface area contributed by atoms with E-state index in [1.807, 2.05) is 12.1 Å². The van der Waals surface area contributed by atoms with Crippen molar-refractivity contribution in [3.05, 3.63) is 553 Å². The first-order valence-corrected chi connectivity index (χ1v) is 49.7. The topological polar surface area (TPSA) is 45.5 Å². The van der Waals surface area contributed by atoms with E-state index in [1.54, 1.807) is 0 Å². The number of hydrogen-bond acceptors (Lipinski definition) is 2. The molecule has 0 radical (unpaired) electrons. The van der Waals surface area contributed by atoms with Crippen molar-refractivity contribution >= 4 is 109 Å². The normalized spacial score (nSPS) is 12.5. The molecule has 6 aromatic heterocycles. The third-order valence-corrected chi connectivity index (χ3v) is 30.6. The molecule has 6 heteroatoms. The van der Waals surface area contributed by atoms with E-state index in [1.165, 1.54) is 243 Å². The maximum atomic E-state index is 4.90. The van der Waals surface area contributed by atoms with Crippen LogP contribution in [0.3, 0.4) is 0 Å². The van der Waals surface area contributed by atoms with Crippen LogP contribution in [-0.4, -0.2) is 28.2 Å². The fourth-order valence-corrected chi connectivity index (χ4v) is 24.4. The molecule has 6 nitrogen and oxygen atoms in total. The Morgan fingerprint density at radius 3 is 0.797 bits per heavy atom. The number of hydrogen-bond donors (Lipinski definition) is 0. The molecule has 0 atom stereocenters. The van der Waals surface area contributed by atoms with Gasteiger partial charge in [-0.2, -0.15) is 0 Å². The first-order valence-electron chi connectivity index (χ1n) is 49.7. The molecule has 670 valence electrons. The minimum Gasteiger partial charge on any atom is -0.309 e. The van der Waals surface area contributed by atoms with Crippen molar-refractivity contribution in [2.45, 2.75) is 32.1 Å². The third-order valence-electron chi connectivity index (χ3n) is 30.6. The standard InChI is InChI=1S/C38H24.C37H24N2.C36H24N2.C26H20N2/c1-2-10-28-26(9-1)21-27-18-17-24(22-32(27)28)25-19-20-37-33(23-25)31-13-5-8-16-36(31)38(37)34-14-6-3-11-29(34)30-12-4-7-15-35(30)38;1-5-13-34-28(9-1)29-10-2-6-14-35(29)38(34)26-19-17-24-21-25-18-20-27(23-33(25)32(24)22-26)39-36-15-7-3-11-30(36)31-12-4-8-16-37(31)39;1-5-13-33-29(9-1)30-10-2-6-14-34(30)37(33)27-21-17-25(18-22-27)26-19-23-28(24-20-26)38-35-15-7-3-11-31(35)32-12-4-8-16-36(32)38;1-17-15-23(19-9-5-3-6-10-19)21-13-14-22-24(20-11-7-4-8-12-20)16-18(2)28-26(22)25(21)27-17/h1-20,22-23H,21H2;1-20,22-23H,21H2;1-24H;3-16H,1-2H3. The number of aryl methyl sites for hydroxylation is 2. The highest BCUT2D eigenvalue weighted by Crippen LogP contribution is 2.63. The monoisotopic (exact) mass is 1820 g/mol. The summed E-state index contributed by atoms with van der Waals surface area (Å²) in [4.78, 5) is 9.81. The van der Waals surface area contributed by atoms with Gasteiger partial charge in [0.05, 0.1) is 60.6 Å².